The first-order chi connectivity index (χ1) is 17.1. The Kier molecular flexibility index (Phi) is 8.03. The third kappa shape index (κ3) is 6.01. The van der Waals surface area contributed by atoms with Crippen LogP contribution >= 0.6 is 0 Å². The van der Waals surface area contributed by atoms with Gasteiger partial charge in [-0.05, 0) is 62.4 Å². The largest absolute Gasteiger partial charge is 0.497 e. The monoisotopic (exact) mass is 475 g/mol. The van der Waals surface area contributed by atoms with Crippen molar-refractivity contribution in [3.05, 3.63) is 60.7 Å². The highest BCUT2D eigenvalue weighted by Gasteiger charge is 2.22. The fourth-order valence-electron chi connectivity index (χ4n) is 4.19. The smallest absolute Gasteiger partial charge is 0.260 e. The van der Waals surface area contributed by atoms with Crippen molar-refractivity contribution in [2.75, 3.05) is 62.8 Å². The number of carbonyl (C=O) groups excluding carboxylic acids is 1. The SMILES string of the molecule is CCN(CC)c1cccc(OCC(=O)N2CCN(c3ccc(-c4ccc(OC)cc4)nn3)CC2)c1. The Bertz CT molecular complexity index is 1090. The standard InChI is InChI=1S/C27H33N5O3/c1-4-30(5-2)22-7-6-8-24(19-22)35-20-27(33)32-17-15-31(16-18-32)26-14-13-25(28-29-26)21-9-11-23(34-3)12-10-21/h6-14,19H,4-5,15-18,20H2,1-3H3. The molecule has 1 amide bonds. The molecule has 0 N–H and O–H groups in total. The summed E-state index contributed by atoms with van der Waals surface area (Å²) in [6, 6.07) is 19.6. The molecule has 2 heterocycles. The van der Waals surface area contributed by atoms with Crippen LogP contribution in [0.3, 0.4) is 0 Å². The van der Waals surface area contributed by atoms with Crippen LogP contribution in [0, 0.1) is 0 Å². The van der Waals surface area contributed by atoms with Crippen LogP contribution in [0.5, 0.6) is 11.5 Å². The average Bonchev–Trinajstić information content (AvgIpc) is 2.93. The van der Waals surface area contributed by atoms with Gasteiger partial charge in [-0.25, -0.2) is 0 Å². The topological polar surface area (TPSA) is 71.0 Å². The second-order valence-corrected chi connectivity index (χ2v) is 8.33. The van der Waals surface area contributed by atoms with Gasteiger partial charge in [0.1, 0.15) is 11.5 Å². The number of rotatable bonds is 9. The second-order valence-electron chi connectivity index (χ2n) is 8.33. The molecular formula is C27H33N5O3. The van der Waals surface area contributed by atoms with Gasteiger partial charge in [-0.2, -0.15) is 0 Å². The molecule has 0 unspecified atom stereocenters. The first kappa shape index (κ1) is 24.3. The summed E-state index contributed by atoms with van der Waals surface area (Å²) in [4.78, 5) is 19.0. The minimum Gasteiger partial charge on any atom is -0.497 e. The fraction of sp³-hybridized carbons (Fsp3) is 0.370. The number of anilines is 2. The van der Waals surface area contributed by atoms with Crippen molar-refractivity contribution in [1.29, 1.82) is 0 Å². The lowest BCUT2D eigenvalue weighted by Gasteiger charge is -2.35. The number of ether oxygens (including phenoxy) is 2. The molecule has 1 aliphatic rings. The number of piperazine rings is 1. The van der Waals surface area contributed by atoms with Gasteiger partial charge in [0.2, 0.25) is 0 Å². The molecular weight excluding hydrogens is 442 g/mol. The lowest BCUT2D eigenvalue weighted by atomic mass is 10.1. The maximum Gasteiger partial charge on any atom is 0.260 e. The molecule has 1 fully saturated rings. The van der Waals surface area contributed by atoms with E-state index in [1.807, 2.05) is 59.5 Å². The maximum atomic E-state index is 12.7. The number of hydrogen-bond donors (Lipinski definition) is 0. The van der Waals surface area contributed by atoms with E-state index in [1.165, 1.54) is 0 Å². The summed E-state index contributed by atoms with van der Waals surface area (Å²) in [7, 11) is 1.65. The Balaban J connectivity index is 1.27. The molecule has 1 saturated heterocycles. The van der Waals surface area contributed by atoms with E-state index in [4.69, 9.17) is 9.47 Å². The number of carbonyl (C=O) groups is 1. The van der Waals surface area contributed by atoms with Gasteiger partial charge in [-0.15, -0.1) is 10.2 Å². The number of nitrogens with zero attached hydrogens (tertiary/aromatic N) is 5. The zero-order valence-corrected chi connectivity index (χ0v) is 20.7. The molecule has 4 rings (SSSR count). The fourth-order valence-corrected chi connectivity index (χ4v) is 4.19. The summed E-state index contributed by atoms with van der Waals surface area (Å²) in [5.74, 6) is 2.34. The minimum absolute atomic E-state index is 0.00108. The van der Waals surface area contributed by atoms with Gasteiger partial charge in [-0.1, -0.05) is 6.07 Å². The van der Waals surface area contributed by atoms with E-state index >= 15 is 0 Å². The van der Waals surface area contributed by atoms with E-state index in [1.54, 1.807) is 7.11 Å². The zero-order valence-electron chi connectivity index (χ0n) is 20.7. The van der Waals surface area contributed by atoms with E-state index < -0.39 is 0 Å². The maximum absolute atomic E-state index is 12.7. The van der Waals surface area contributed by atoms with Crippen molar-refractivity contribution >= 4 is 17.4 Å². The van der Waals surface area contributed by atoms with Crippen LogP contribution in [0.15, 0.2) is 60.7 Å². The van der Waals surface area contributed by atoms with Crippen molar-refractivity contribution in [2.24, 2.45) is 0 Å². The van der Waals surface area contributed by atoms with Crippen LogP contribution in [0.4, 0.5) is 11.5 Å². The van der Waals surface area contributed by atoms with Crippen LogP contribution < -0.4 is 19.3 Å². The number of methoxy groups -OCH3 is 1. The first-order valence-electron chi connectivity index (χ1n) is 12.1. The normalized spacial score (nSPS) is 13.5. The summed E-state index contributed by atoms with van der Waals surface area (Å²) < 4.78 is 11.0. The van der Waals surface area contributed by atoms with Crippen LogP contribution in [0.25, 0.3) is 11.3 Å². The lowest BCUT2D eigenvalue weighted by Crippen LogP contribution is -2.50. The van der Waals surface area contributed by atoms with Gasteiger partial charge >= 0.3 is 0 Å². The molecule has 1 aliphatic heterocycles. The molecule has 3 aromatic rings. The van der Waals surface area contributed by atoms with Crippen LogP contribution in [-0.4, -0.2) is 74.0 Å². The summed E-state index contributed by atoms with van der Waals surface area (Å²) in [6.07, 6.45) is 0. The van der Waals surface area contributed by atoms with Crippen molar-refractivity contribution in [2.45, 2.75) is 13.8 Å². The van der Waals surface area contributed by atoms with Crippen LogP contribution in [0.2, 0.25) is 0 Å². The molecule has 35 heavy (non-hydrogen) atoms. The molecule has 0 bridgehead atoms. The number of aromatic nitrogens is 2. The summed E-state index contributed by atoms with van der Waals surface area (Å²) in [5.41, 5.74) is 2.91. The van der Waals surface area contributed by atoms with Crippen molar-refractivity contribution in [1.82, 2.24) is 15.1 Å². The third-order valence-electron chi connectivity index (χ3n) is 6.30. The summed E-state index contributed by atoms with van der Waals surface area (Å²) in [6.45, 7) is 8.82. The van der Waals surface area contributed by atoms with Gasteiger partial charge < -0.3 is 24.2 Å². The average molecular weight is 476 g/mol. The van der Waals surface area contributed by atoms with Gasteiger partial charge in [0.25, 0.3) is 5.91 Å². The highest BCUT2D eigenvalue weighted by Crippen LogP contribution is 2.23. The van der Waals surface area contributed by atoms with Gasteiger partial charge in [0.05, 0.1) is 12.8 Å². The Morgan fingerprint density at radius 3 is 2.29 bits per heavy atom. The van der Waals surface area contributed by atoms with Crippen LogP contribution in [-0.2, 0) is 4.79 Å². The van der Waals surface area contributed by atoms with E-state index in [0.717, 1.165) is 41.6 Å². The Morgan fingerprint density at radius 2 is 1.66 bits per heavy atom. The van der Waals surface area contributed by atoms with E-state index in [0.29, 0.717) is 31.9 Å². The molecule has 0 atom stereocenters. The van der Waals surface area contributed by atoms with Crippen molar-refractivity contribution < 1.29 is 14.3 Å². The Hall–Kier alpha value is -3.81. The Labute approximate surface area is 207 Å². The molecule has 8 heteroatoms. The first-order valence-corrected chi connectivity index (χ1v) is 12.1. The van der Waals surface area contributed by atoms with Gasteiger partial charge in [0, 0.05) is 56.6 Å². The molecule has 0 radical (unpaired) electrons. The molecule has 0 saturated carbocycles. The number of amides is 1. The highest BCUT2D eigenvalue weighted by molar-refractivity contribution is 5.78. The highest BCUT2D eigenvalue weighted by atomic mass is 16.5. The zero-order chi connectivity index (χ0) is 24.6. The molecule has 2 aromatic carbocycles. The quantitative estimate of drug-likeness (QED) is 0.467. The third-order valence-corrected chi connectivity index (χ3v) is 6.30. The minimum atomic E-state index is -0.00108. The summed E-state index contributed by atoms with van der Waals surface area (Å²) in [5, 5.41) is 8.81. The van der Waals surface area contributed by atoms with E-state index in [9.17, 15) is 4.79 Å². The lowest BCUT2D eigenvalue weighted by molar-refractivity contribution is -0.133. The van der Waals surface area contributed by atoms with Gasteiger partial charge in [-0.3, -0.25) is 4.79 Å². The molecule has 8 nitrogen and oxygen atoms in total. The molecule has 1 aromatic heterocycles. The predicted molar refractivity (Wildman–Crippen MR) is 138 cm³/mol. The second kappa shape index (κ2) is 11.6. The van der Waals surface area contributed by atoms with E-state index in [2.05, 4.69) is 39.9 Å². The van der Waals surface area contributed by atoms with Gasteiger partial charge in [0.15, 0.2) is 12.4 Å². The number of benzene rings is 2. The Morgan fingerprint density at radius 1 is 0.914 bits per heavy atom. The number of hydrogen-bond acceptors (Lipinski definition) is 7. The predicted octanol–water partition coefficient (Wildman–Crippen LogP) is 3.73. The summed E-state index contributed by atoms with van der Waals surface area (Å²) >= 11 is 0. The van der Waals surface area contributed by atoms with Crippen molar-refractivity contribution in [3.63, 3.8) is 0 Å². The van der Waals surface area contributed by atoms with Crippen molar-refractivity contribution in [3.8, 4) is 22.8 Å². The van der Waals surface area contributed by atoms with E-state index in [-0.39, 0.29) is 12.5 Å². The molecule has 0 spiro atoms. The van der Waals surface area contributed by atoms with Crippen LogP contribution in [0.1, 0.15) is 13.8 Å². The molecule has 0 aliphatic carbocycles. The molecule has 184 valence electrons.